The number of nitriles is 1. The number of benzene rings is 2. The summed E-state index contributed by atoms with van der Waals surface area (Å²) in [5, 5.41) is 9.08. The molecule has 2 aromatic carbocycles. The molecule has 0 saturated carbocycles. The Morgan fingerprint density at radius 1 is 1.24 bits per heavy atom. The minimum absolute atomic E-state index is 0.138. The fourth-order valence-electron chi connectivity index (χ4n) is 1.53. The lowest BCUT2D eigenvalue weighted by Gasteiger charge is -2.09. The van der Waals surface area contributed by atoms with Crippen molar-refractivity contribution in [2.45, 2.75) is 4.90 Å². The van der Waals surface area contributed by atoms with Gasteiger partial charge in [-0.05, 0) is 52.3 Å². The van der Waals surface area contributed by atoms with Gasteiger partial charge >= 0.3 is 0 Å². The zero-order chi connectivity index (χ0) is 15.6. The number of sulfonamides is 1. The fraction of sp³-hybridized carbons (Fsp3) is 0. The largest absolute Gasteiger partial charge is 0.280 e. The third-order valence-electron chi connectivity index (χ3n) is 2.54. The van der Waals surface area contributed by atoms with Gasteiger partial charge < -0.3 is 0 Å². The molecular weight excluding hydrogens is 383 g/mol. The smallest absolute Gasteiger partial charge is 0.261 e. The van der Waals surface area contributed by atoms with Crippen LogP contribution in [0.2, 0.25) is 5.02 Å². The summed E-state index contributed by atoms with van der Waals surface area (Å²) in [7, 11) is -3.95. The van der Waals surface area contributed by atoms with E-state index in [1.54, 1.807) is 0 Å². The summed E-state index contributed by atoms with van der Waals surface area (Å²) in [6.07, 6.45) is 0. The SMILES string of the molecule is N#Cc1cc(NS(=O)(=O)c2ccc(Br)c(F)c2)ccc1Cl. The van der Waals surface area contributed by atoms with Crippen LogP contribution in [0.1, 0.15) is 5.56 Å². The van der Waals surface area contributed by atoms with E-state index in [2.05, 4.69) is 20.7 Å². The Kier molecular flexibility index (Phi) is 4.52. The maximum absolute atomic E-state index is 13.4. The van der Waals surface area contributed by atoms with Gasteiger partial charge in [0, 0.05) is 0 Å². The van der Waals surface area contributed by atoms with Crippen LogP contribution in [0.5, 0.6) is 0 Å². The average molecular weight is 390 g/mol. The lowest BCUT2D eigenvalue weighted by atomic mass is 10.2. The third kappa shape index (κ3) is 3.53. The van der Waals surface area contributed by atoms with Crippen LogP contribution in [0.25, 0.3) is 0 Å². The van der Waals surface area contributed by atoms with E-state index < -0.39 is 15.8 Å². The number of halogens is 3. The van der Waals surface area contributed by atoms with Gasteiger partial charge in [0.05, 0.1) is 25.6 Å². The van der Waals surface area contributed by atoms with Crippen LogP contribution < -0.4 is 4.72 Å². The predicted molar refractivity (Wildman–Crippen MR) is 81.1 cm³/mol. The van der Waals surface area contributed by atoms with Crippen molar-refractivity contribution in [1.29, 1.82) is 5.26 Å². The summed E-state index contributed by atoms with van der Waals surface area (Å²) >= 11 is 8.72. The van der Waals surface area contributed by atoms with Crippen molar-refractivity contribution in [2.75, 3.05) is 4.72 Å². The Labute approximate surface area is 134 Å². The van der Waals surface area contributed by atoms with Gasteiger partial charge in [0.1, 0.15) is 11.9 Å². The molecule has 0 heterocycles. The zero-order valence-electron chi connectivity index (χ0n) is 10.3. The molecule has 2 rings (SSSR count). The molecule has 21 heavy (non-hydrogen) atoms. The normalized spacial score (nSPS) is 11.0. The Balaban J connectivity index is 2.37. The molecular formula is C13H7BrClFN2O2S. The lowest BCUT2D eigenvalue weighted by molar-refractivity contribution is 0.593. The second kappa shape index (κ2) is 6.02. The second-order valence-electron chi connectivity index (χ2n) is 3.99. The van der Waals surface area contributed by atoms with Crippen LogP contribution in [0.15, 0.2) is 45.8 Å². The minimum atomic E-state index is -3.95. The summed E-state index contributed by atoms with van der Waals surface area (Å²) < 4.78 is 40.1. The number of anilines is 1. The van der Waals surface area contributed by atoms with E-state index in [1.165, 1.54) is 30.3 Å². The Hall–Kier alpha value is -1.62. The molecule has 0 fully saturated rings. The molecule has 0 aliphatic carbocycles. The van der Waals surface area contributed by atoms with Crippen LogP contribution in [0.3, 0.4) is 0 Å². The molecule has 0 radical (unpaired) electrons. The van der Waals surface area contributed by atoms with Crippen molar-refractivity contribution in [1.82, 2.24) is 0 Å². The number of hydrogen-bond acceptors (Lipinski definition) is 3. The molecule has 1 N–H and O–H groups in total. The molecule has 0 unspecified atom stereocenters. The van der Waals surface area contributed by atoms with Crippen molar-refractivity contribution < 1.29 is 12.8 Å². The van der Waals surface area contributed by atoms with Crippen LogP contribution in [0.4, 0.5) is 10.1 Å². The molecule has 0 spiro atoms. The summed E-state index contributed by atoms with van der Waals surface area (Å²) in [6, 6.07) is 9.42. The van der Waals surface area contributed by atoms with Crippen LogP contribution in [-0.2, 0) is 10.0 Å². The van der Waals surface area contributed by atoms with Crippen molar-refractivity contribution in [3.8, 4) is 6.07 Å². The second-order valence-corrected chi connectivity index (χ2v) is 6.93. The maximum atomic E-state index is 13.4. The van der Waals surface area contributed by atoms with E-state index >= 15 is 0 Å². The number of hydrogen-bond donors (Lipinski definition) is 1. The molecule has 0 aromatic heterocycles. The van der Waals surface area contributed by atoms with Crippen LogP contribution in [0, 0.1) is 17.1 Å². The van der Waals surface area contributed by atoms with Gasteiger partial charge in [0.25, 0.3) is 10.0 Å². The van der Waals surface area contributed by atoms with E-state index in [4.69, 9.17) is 16.9 Å². The topological polar surface area (TPSA) is 70.0 Å². The summed E-state index contributed by atoms with van der Waals surface area (Å²) in [5.41, 5.74) is 0.304. The van der Waals surface area contributed by atoms with Crippen molar-refractivity contribution >= 4 is 43.2 Å². The van der Waals surface area contributed by atoms with E-state index in [-0.39, 0.29) is 25.6 Å². The Bertz CT molecular complexity index is 850. The van der Waals surface area contributed by atoms with E-state index in [0.717, 1.165) is 6.07 Å². The summed E-state index contributed by atoms with van der Waals surface area (Å²) in [5.74, 6) is -0.688. The molecule has 0 saturated heterocycles. The molecule has 0 aliphatic rings. The summed E-state index contributed by atoms with van der Waals surface area (Å²) in [6.45, 7) is 0. The van der Waals surface area contributed by atoms with E-state index in [0.29, 0.717) is 0 Å². The molecule has 8 heteroatoms. The number of rotatable bonds is 3. The van der Waals surface area contributed by atoms with Crippen LogP contribution >= 0.6 is 27.5 Å². The first-order valence-electron chi connectivity index (χ1n) is 5.51. The van der Waals surface area contributed by atoms with Gasteiger partial charge in [-0.25, -0.2) is 12.8 Å². The Morgan fingerprint density at radius 2 is 1.95 bits per heavy atom. The fourth-order valence-corrected chi connectivity index (χ4v) is 3.00. The standard InChI is InChI=1S/C13H7BrClFN2O2S/c14-11-3-2-10(6-13(11)16)21(19,20)18-9-1-4-12(15)8(5-9)7-17/h1-6,18H. The molecule has 108 valence electrons. The lowest BCUT2D eigenvalue weighted by Crippen LogP contribution is -2.13. The van der Waals surface area contributed by atoms with Crippen molar-refractivity contribution in [2.24, 2.45) is 0 Å². The quantitative estimate of drug-likeness (QED) is 0.865. The maximum Gasteiger partial charge on any atom is 0.261 e. The van der Waals surface area contributed by atoms with Crippen molar-refractivity contribution in [3.63, 3.8) is 0 Å². The monoisotopic (exact) mass is 388 g/mol. The molecule has 4 nitrogen and oxygen atoms in total. The summed E-state index contributed by atoms with van der Waals surface area (Å²) in [4.78, 5) is -0.225. The molecule has 0 atom stereocenters. The highest BCUT2D eigenvalue weighted by Crippen LogP contribution is 2.24. The molecule has 0 bridgehead atoms. The highest BCUT2D eigenvalue weighted by atomic mass is 79.9. The highest BCUT2D eigenvalue weighted by molar-refractivity contribution is 9.10. The van der Waals surface area contributed by atoms with Gasteiger partial charge in [-0.2, -0.15) is 5.26 Å². The molecule has 0 amide bonds. The van der Waals surface area contributed by atoms with Crippen LogP contribution in [-0.4, -0.2) is 8.42 Å². The molecule has 0 aliphatic heterocycles. The van der Waals surface area contributed by atoms with Gasteiger partial charge in [-0.3, -0.25) is 4.72 Å². The first kappa shape index (κ1) is 15.8. The Morgan fingerprint density at radius 3 is 2.57 bits per heavy atom. The molecule has 2 aromatic rings. The third-order valence-corrected chi connectivity index (χ3v) is 4.89. The highest BCUT2D eigenvalue weighted by Gasteiger charge is 2.16. The average Bonchev–Trinajstić information content (AvgIpc) is 2.43. The number of nitrogens with zero attached hydrogens (tertiary/aromatic N) is 1. The van der Waals surface area contributed by atoms with Crippen molar-refractivity contribution in [3.05, 3.63) is 57.3 Å². The van der Waals surface area contributed by atoms with E-state index in [9.17, 15) is 12.8 Å². The number of nitrogens with one attached hydrogen (secondary N) is 1. The van der Waals surface area contributed by atoms with Gasteiger partial charge in [0.15, 0.2) is 0 Å². The van der Waals surface area contributed by atoms with Gasteiger partial charge in [-0.15, -0.1) is 0 Å². The first-order valence-corrected chi connectivity index (χ1v) is 8.16. The van der Waals surface area contributed by atoms with Gasteiger partial charge in [-0.1, -0.05) is 11.6 Å². The van der Waals surface area contributed by atoms with Gasteiger partial charge in [0.2, 0.25) is 0 Å². The minimum Gasteiger partial charge on any atom is -0.280 e. The zero-order valence-corrected chi connectivity index (χ0v) is 13.4. The van der Waals surface area contributed by atoms with E-state index in [1.807, 2.05) is 6.07 Å². The predicted octanol–water partition coefficient (Wildman–Crippen LogP) is 3.91. The first-order chi connectivity index (χ1) is 9.83.